The van der Waals surface area contributed by atoms with Gasteiger partial charge in [0.15, 0.2) is 0 Å². The molecule has 1 heterocycles. The van der Waals surface area contributed by atoms with Crippen LogP contribution in [0.5, 0.6) is 0 Å². The lowest BCUT2D eigenvalue weighted by molar-refractivity contribution is -0.123. The molecule has 5 nitrogen and oxygen atoms in total. The Labute approximate surface area is 135 Å². The maximum Gasteiger partial charge on any atom is 0.222 e. The van der Waals surface area contributed by atoms with Gasteiger partial charge in [0.05, 0.1) is 24.3 Å². The lowest BCUT2D eigenvalue weighted by Gasteiger charge is -2.38. The minimum Gasteiger partial charge on any atom is -0.393 e. The second-order valence-electron chi connectivity index (χ2n) is 6.13. The highest BCUT2D eigenvalue weighted by molar-refractivity contribution is 5.80. The van der Waals surface area contributed by atoms with Crippen LogP contribution in [0.2, 0.25) is 0 Å². The molecule has 0 aliphatic heterocycles. The summed E-state index contributed by atoms with van der Waals surface area (Å²) in [6.07, 6.45) is 3.33. The number of benzene rings is 1. The zero-order chi connectivity index (χ0) is 16.2. The molecule has 1 saturated carbocycles. The predicted octanol–water partition coefficient (Wildman–Crippen LogP) is 2.20. The van der Waals surface area contributed by atoms with Crippen LogP contribution in [0.4, 0.5) is 0 Å². The molecule has 1 aromatic heterocycles. The van der Waals surface area contributed by atoms with Crippen LogP contribution in [-0.4, -0.2) is 35.8 Å². The highest BCUT2D eigenvalue weighted by atomic mass is 16.5. The number of nitrogens with zero attached hydrogens (tertiary/aromatic N) is 1. The number of methoxy groups -OCH3 is 1. The maximum atomic E-state index is 12.1. The molecule has 2 N–H and O–H groups in total. The number of carbonyl (C=O) groups excluding carboxylic acids is 1. The van der Waals surface area contributed by atoms with E-state index >= 15 is 0 Å². The molecule has 1 aromatic carbocycles. The summed E-state index contributed by atoms with van der Waals surface area (Å²) in [4.78, 5) is 16.6. The highest BCUT2D eigenvalue weighted by Gasteiger charge is 2.35. The molecule has 0 radical (unpaired) electrons. The molecular weight excluding hydrogens is 292 g/mol. The van der Waals surface area contributed by atoms with E-state index in [1.807, 2.05) is 30.5 Å². The van der Waals surface area contributed by atoms with E-state index in [1.54, 1.807) is 7.11 Å². The Kier molecular flexibility index (Phi) is 4.88. The Balaban J connectivity index is 1.82. The number of para-hydroxylation sites is 1. The van der Waals surface area contributed by atoms with E-state index in [9.17, 15) is 9.90 Å². The van der Waals surface area contributed by atoms with Crippen LogP contribution < -0.4 is 5.32 Å². The molecule has 23 heavy (non-hydrogen) atoms. The summed E-state index contributed by atoms with van der Waals surface area (Å²) in [5.41, 5.74) is 1.93. The van der Waals surface area contributed by atoms with Gasteiger partial charge in [0, 0.05) is 25.1 Å². The standard InChI is InChI=1S/C18H22N2O3/c1-23-7-6-17(22)20-18(13-9-15(21)10-13)14-8-12-4-2-3-5-16(12)19-11-14/h2-5,8,11,13,15,18,21H,6-7,9-10H2,1H3,(H,20,22). The van der Waals surface area contributed by atoms with E-state index in [-0.39, 0.29) is 24.0 Å². The molecule has 1 amide bonds. The molecule has 1 unspecified atom stereocenters. The Bertz CT molecular complexity index is 683. The minimum absolute atomic E-state index is 0.0357. The lowest BCUT2D eigenvalue weighted by Crippen LogP contribution is -2.41. The summed E-state index contributed by atoms with van der Waals surface area (Å²) in [6.45, 7) is 0.405. The Morgan fingerprint density at radius 1 is 1.43 bits per heavy atom. The van der Waals surface area contributed by atoms with Gasteiger partial charge < -0.3 is 15.2 Å². The van der Waals surface area contributed by atoms with E-state index < -0.39 is 0 Å². The summed E-state index contributed by atoms with van der Waals surface area (Å²) in [5.74, 6) is 0.214. The van der Waals surface area contributed by atoms with Crippen LogP contribution in [-0.2, 0) is 9.53 Å². The van der Waals surface area contributed by atoms with Crippen molar-refractivity contribution >= 4 is 16.8 Å². The number of hydrogen-bond acceptors (Lipinski definition) is 4. The summed E-state index contributed by atoms with van der Waals surface area (Å²) in [7, 11) is 1.58. The van der Waals surface area contributed by atoms with Crippen molar-refractivity contribution in [1.29, 1.82) is 0 Å². The third-order valence-corrected chi connectivity index (χ3v) is 4.44. The third kappa shape index (κ3) is 3.68. The highest BCUT2D eigenvalue weighted by Crippen LogP contribution is 2.38. The minimum atomic E-state index is -0.258. The van der Waals surface area contributed by atoms with Gasteiger partial charge in [-0.05, 0) is 36.5 Å². The number of aliphatic hydroxyl groups excluding tert-OH is 1. The molecule has 0 bridgehead atoms. The zero-order valence-electron chi connectivity index (χ0n) is 13.2. The van der Waals surface area contributed by atoms with Crippen molar-refractivity contribution in [3.8, 4) is 0 Å². The van der Waals surface area contributed by atoms with E-state index in [1.165, 1.54) is 0 Å². The number of fused-ring (bicyclic) bond motifs is 1. The van der Waals surface area contributed by atoms with E-state index in [0.717, 1.165) is 16.5 Å². The topological polar surface area (TPSA) is 71.5 Å². The van der Waals surface area contributed by atoms with Crippen LogP contribution in [0.15, 0.2) is 36.5 Å². The summed E-state index contributed by atoms with van der Waals surface area (Å²) < 4.78 is 4.96. The van der Waals surface area contributed by atoms with E-state index in [4.69, 9.17) is 4.74 Å². The fraction of sp³-hybridized carbons (Fsp3) is 0.444. The van der Waals surface area contributed by atoms with Crippen molar-refractivity contribution in [2.24, 2.45) is 5.92 Å². The molecule has 2 aromatic rings. The lowest BCUT2D eigenvalue weighted by atomic mass is 9.75. The average molecular weight is 314 g/mol. The summed E-state index contributed by atoms with van der Waals surface area (Å²) >= 11 is 0. The average Bonchev–Trinajstić information content (AvgIpc) is 2.55. The van der Waals surface area contributed by atoms with Crippen LogP contribution in [0, 0.1) is 5.92 Å². The van der Waals surface area contributed by atoms with Crippen molar-refractivity contribution in [3.63, 3.8) is 0 Å². The Hall–Kier alpha value is -1.98. The zero-order valence-corrected chi connectivity index (χ0v) is 13.2. The second-order valence-corrected chi connectivity index (χ2v) is 6.13. The number of aliphatic hydroxyl groups is 1. The van der Waals surface area contributed by atoms with Crippen LogP contribution in [0.3, 0.4) is 0 Å². The molecule has 5 heteroatoms. The fourth-order valence-corrected chi connectivity index (χ4v) is 3.07. The summed E-state index contributed by atoms with van der Waals surface area (Å²) in [5, 5.41) is 13.8. The number of aromatic nitrogens is 1. The second kappa shape index (κ2) is 7.06. The maximum absolute atomic E-state index is 12.1. The summed E-state index contributed by atoms with van der Waals surface area (Å²) in [6, 6.07) is 9.90. The molecule has 1 atom stereocenters. The van der Waals surface area contributed by atoms with Gasteiger partial charge in [0.1, 0.15) is 0 Å². The van der Waals surface area contributed by atoms with Crippen LogP contribution in [0.25, 0.3) is 10.9 Å². The van der Waals surface area contributed by atoms with Gasteiger partial charge in [-0.1, -0.05) is 18.2 Å². The number of pyridine rings is 1. The van der Waals surface area contributed by atoms with Crippen molar-refractivity contribution in [2.45, 2.75) is 31.4 Å². The van der Waals surface area contributed by atoms with Gasteiger partial charge in [-0.15, -0.1) is 0 Å². The van der Waals surface area contributed by atoms with Gasteiger partial charge in [-0.2, -0.15) is 0 Å². The number of hydrogen-bond donors (Lipinski definition) is 2. The van der Waals surface area contributed by atoms with Crippen molar-refractivity contribution in [3.05, 3.63) is 42.1 Å². The first-order valence-electron chi connectivity index (χ1n) is 7.98. The first kappa shape index (κ1) is 15.9. The van der Waals surface area contributed by atoms with Crippen molar-refractivity contribution in [2.75, 3.05) is 13.7 Å². The number of carbonyl (C=O) groups is 1. The van der Waals surface area contributed by atoms with Gasteiger partial charge in [0.2, 0.25) is 5.91 Å². The monoisotopic (exact) mass is 314 g/mol. The van der Waals surface area contributed by atoms with Crippen LogP contribution in [0.1, 0.15) is 30.9 Å². The SMILES string of the molecule is COCCC(=O)NC(c1cnc2ccccc2c1)C1CC(O)C1. The van der Waals surface area contributed by atoms with Gasteiger partial charge >= 0.3 is 0 Å². The van der Waals surface area contributed by atoms with Gasteiger partial charge in [-0.3, -0.25) is 9.78 Å². The quantitative estimate of drug-likeness (QED) is 0.857. The molecule has 3 rings (SSSR count). The first-order chi connectivity index (χ1) is 11.2. The molecule has 0 spiro atoms. The number of nitrogens with one attached hydrogen (secondary N) is 1. The molecular formula is C18H22N2O3. The number of rotatable bonds is 6. The van der Waals surface area contributed by atoms with Crippen molar-refractivity contribution in [1.82, 2.24) is 10.3 Å². The van der Waals surface area contributed by atoms with Crippen molar-refractivity contribution < 1.29 is 14.6 Å². The van der Waals surface area contributed by atoms with E-state index in [0.29, 0.717) is 25.9 Å². The molecule has 1 aliphatic carbocycles. The number of ether oxygens (including phenoxy) is 1. The molecule has 1 aliphatic rings. The van der Waals surface area contributed by atoms with Gasteiger partial charge in [0.25, 0.3) is 0 Å². The van der Waals surface area contributed by atoms with Crippen LogP contribution >= 0.6 is 0 Å². The number of amides is 1. The molecule has 1 fully saturated rings. The molecule has 0 saturated heterocycles. The van der Waals surface area contributed by atoms with E-state index in [2.05, 4.69) is 16.4 Å². The first-order valence-corrected chi connectivity index (χ1v) is 7.98. The smallest absolute Gasteiger partial charge is 0.222 e. The predicted molar refractivity (Wildman–Crippen MR) is 87.9 cm³/mol. The van der Waals surface area contributed by atoms with Gasteiger partial charge in [-0.25, -0.2) is 0 Å². The largest absolute Gasteiger partial charge is 0.393 e. The molecule has 122 valence electrons. The third-order valence-electron chi connectivity index (χ3n) is 4.44. The Morgan fingerprint density at radius 3 is 2.96 bits per heavy atom. The normalized spacial score (nSPS) is 21.7. The fourth-order valence-electron chi connectivity index (χ4n) is 3.07. The Morgan fingerprint density at radius 2 is 2.22 bits per heavy atom.